The molecule has 5 nitrogen and oxygen atoms in total. The molecule has 0 saturated heterocycles. The van der Waals surface area contributed by atoms with E-state index in [0.29, 0.717) is 16.1 Å². The predicted molar refractivity (Wildman–Crippen MR) is 106 cm³/mol. The number of hydrogen-bond donors (Lipinski definition) is 0. The van der Waals surface area contributed by atoms with Crippen molar-refractivity contribution in [1.29, 1.82) is 0 Å². The van der Waals surface area contributed by atoms with Crippen LogP contribution in [0.3, 0.4) is 0 Å². The number of ether oxygens (including phenoxy) is 2. The van der Waals surface area contributed by atoms with Crippen LogP contribution in [0.2, 0.25) is 5.02 Å². The average molecular weight is 403 g/mol. The minimum Gasteiger partial charge on any atom is -0.465 e. The summed E-state index contributed by atoms with van der Waals surface area (Å²) in [6.07, 6.45) is -0.0477. The minimum atomic E-state index is -1.24. The van der Waals surface area contributed by atoms with Crippen molar-refractivity contribution < 1.29 is 23.9 Å². The van der Waals surface area contributed by atoms with E-state index in [1.807, 2.05) is 6.07 Å². The van der Waals surface area contributed by atoms with Crippen molar-refractivity contribution in [2.75, 3.05) is 13.2 Å². The summed E-state index contributed by atoms with van der Waals surface area (Å²) in [7, 11) is 0. The standard InChI is InChI=1S/C22H23ClO5/c1-3-27-21(25)20(22(26)28-4-2)18(15-10-12-17(23)13-11-15)14-19(24)16-8-6-5-7-9-16/h5-13,18,20H,3-4,14H2,1-2H3. The predicted octanol–water partition coefficient (Wildman–Crippen LogP) is 4.44. The van der Waals surface area contributed by atoms with Gasteiger partial charge in [-0.3, -0.25) is 14.4 Å². The summed E-state index contributed by atoms with van der Waals surface area (Å²) in [4.78, 5) is 38.0. The first kappa shape index (κ1) is 21.6. The van der Waals surface area contributed by atoms with Gasteiger partial charge in [-0.25, -0.2) is 0 Å². The van der Waals surface area contributed by atoms with E-state index >= 15 is 0 Å². The Kier molecular flexibility index (Phi) is 8.20. The molecule has 1 unspecified atom stereocenters. The Labute approximate surface area is 169 Å². The summed E-state index contributed by atoms with van der Waals surface area (Å²) in [6, 6.07) is 15.5. The summed E-state index contributed by atoms with van der Waals surface area (Å²) in [5, 5.41) is 0.515. The monoisotopic (exact) mass is 402 g/mol. The Morgan fingerprint density at radius 3 is 1.89 bits per heavy atom. The molecule has 0 amide bonds. The molecule has 6 heteroatoms. The van der Waals surface area contributed by atoms with Crippen LogP contribution in [0.4, 0.5) is 0 Å². The molecule has 0 aliphatic carbocycles. The van der Waals surface area contributed by atoms with Crippen molar-refractivity contribution in [2.24, 2.45) is 5.92 Å². The van der Waals surface area contributed by atoms with Crippen molar-refractivity contribution >= 4 is 29.3 Å². The van der Waals surface area contributed by atoms with E-state index in [-0.39, 0.29) is 25.4 Å². The fourth-order valence-corrected chi connectivity index (χ4v) is 3.09. The molecule has 0 saturated carbocycles. The second-order valence-corrected chi connectivity index (χ2v) is 6.57. The Hall–Kier alpha value is -2.66. The van der Waals surface area contributed by atoms with E-state index in [0.717, 1.165) is 0 Å². The van der Waals surface area contributed by atoms with E-state index in [2.05, 4.69) is 0 Å². The Bertz CT molecular complexity index is 783. The zero-order chi connectivity index (χ0) is 20.5. The van der Waals surface area contributed by atoms with Gasteiger partial charge in [-0.1, -0.05) is 54.1 Å². The lowest BCUT2D eigenvalue weighted by atomic mass is 9.81. The third-order valence-electron chi connectivity index (χ3n) is 4.28. The quantitative estimate of drug-likeness (QED) is 0.352. The van der Waals surface area contributed by atoms with E-state index in [4.69, 9.17) is 21.1 Å². The maximum Gasteiger partial charge on any atom is 0.320 e. The number of rotatable bonds is 9. The molecule has 0 bridgehead atoms. The van der Waals surface area contributed by atoms with Crippen LogP contribution < -0.4 is 0 Å². The minimum absolute atomic E-state index is 0.0477. The third kappa shape index (κ3) is 5.67. The number of carbonyl (C=O) groups is 3. The lowest BCUT2D eigenvalue weighted by Crippen LogP contribution is -2.34. The third-order valence-corrected chi connectivity index (χ3v) is 4.53. The van der Waals surface area contributed by atoms with E-state index in [9.17, 15) is 14.4 Å². The highest BCUT2D eigenvalue weighted by molar-refractivity contribution is 6.30. The Morgan fingerprint density at radius 1 is 0.857 bits per heavy atom. The van der Waals surface area contributed by atoms with Crippen molar-refractivity contribution in [3.8, 4) is 0 Å². The van der Waals surface area contributed by atoms with Crippen LogP contribution in [0.25, 0.3) is 0 Å². The SMILES string of the molecule is CCOC(=O)C(C(=O)OCC)C(CC(=O)c1ccccc1)c1ccc(Cl)cc1. The fourth-order valence-electron chi connectivity index (χ4n) is 2.97. The number of Topliss-reactive ketones (excluding diaryl/α,β-unsaturated/α-hetero) is 1. The summed E-state index contributed by atoms with van der Waals surface area (Å²) >= 11 is 5.97. The lowest BCUT2D eigenvalue weighted by Gasteiger charge is -2.24. The number of ketones is 1. The van der Waals surface area contributed by atoms with Gasteiger partial charge < -0.3 is 9.47 Å². The van der Waals surface area contributed by atoms with Gasteiger partial charge in [0.05, 0.1) is 13.2 Å². The van der Waals surface area contributed by atoms with Gasteiger partial charge in [0, 0.05) is 22.9 Å². The second kappa shape index (κ2) is 10.6. The van der Waals surface area contributed by atoms with Crippen molar-refractivity contribution in [2.45, 2.75) is 26.2 Å². The fraction of sp³-hybridized carbons (Fsp3) is 0.318. The van der Waals surface area contributed by atoms with Crippen LogP contribution >= 0.6 is 11.6 Å². The molecule has 0 aliphatic heterocycles. The van der Waals surface area contributed by atoms with Crippen LogP contribution in [-0.4, -0.2) is 30.9 Å². The normalized spacial score (nSPS) is 11.7. The van der Waals surface area contributed by atoms with Gasteiger partial charge in [-0.05, 0) is 31.5 Å². The van der Waals surface area contributed by atoms with Gasteiger partial charge in [0.15, 0.2) is 11.7 Å². The molecule has 0 spiro atoms. The summed E-state index contributed by atoms with van der Waals surface area (Å²) in [5.41, 5.74) is 1.15. The van der Waals surface area contributed by atoms with Gasteiger partial charge in [0.1, 0.15) is 0 Å². The molecule has 2 rings (SSSR count). The molecule has 0 fully saturated rings. The van der Waals surface area contributed by atoms with Crippen molar-refractivity contribution in [3.63, 3.8) is 0 Å². The highest BCUT2D eigenvalue weighted by Gasteiger charge is 2.39. The van der Waals surface area contributed by atoms with Crippen LogP contribution in [0.1, 0.15) is 42.1 Å². The summed E-state index contributed by atoms with van der Waals surface area (Å²) in [6.45, 7) is 3.56. The van der Waals surface area contributed by atoms with Gasteiger partial charge in [-0.15, -0.1) is 0 Å². The van der Waals surface area contributed by atoms with Crippen molar-refractivity contribution in [3.05, 3.63) is 70.7 Å². The number of hydrogen-bond acceptors (Lipinski definition) is 5. The number of carbonyl (C=O) groups excluding carboxylic acids is 3. The van der Waals surface area contributed by atoms with Crippen LogP contribution in [0.5, 0.6) is 0 Å². The number of esters is 2. The highest BCUT2D eigenvalue weighted by Crippen LogP contribution is 2.32. The molecule has 148 valence electrons. The molecule has 2 aromatic carbocycles. The van der Waals surface area contributed by atoms with E-state index in [1.54, 1.807) is 62.4 Å². The molecule has 0 aromatic heterocycles. The first-order chi connectivity index (χ1) is 13.5. The van der Waals surface area contributed by atoms with E-state index in [1.165, 1.54) is 0 Å². The first-order valence-electron chi connectivity index (χ1n) is 9.14. The molecular formula is C22H23ClO5. The molecule has 0 heterocycles. The second-order valence-electron chi connectivity index (χ2n) is 6.13. The Balaban J connectivity index is 2.44. The van der Waals surface area contributed by atoms with Gasteiger partial charge in [-0.2, -0.15) is 0 Å². The van der Waals surface area contributed by atoms with Gasteiger partial charge in [0.25, 0.3) is 0 Å². The lowest BCUT2D eigenvalue weighted by molar-refractivity contribution is -0.162. The molecule has 0 aliphatic rings. The van der Waals surface area contributed by atoms with Crippen LogP contribution in [-0.2, 0) is 19.1 Å². The topological polar surface area (TPSA) is 69.7 Å². The first-order valence-corrected chi connectivity index (χ1v) is 9.52. The zero-order valence-corrected chi connectivity index (χ0v) is 16.6. The van der Waals surface area contributed by atoms with Crippen molar-refractivity contribution in [1.82, 2.24) is 0 Å². The van der Waals surface area contributed by atoms with Gasteiger partial charge in [0.2, 0.25) is 0 Å². The number of benzene rings is 2. The van der Waals surface area contributed by atoms with Crippen LogP contribution in [0, 0.1) is 5.92 Å². The summed E-state index contributed by atoms with van der Waals surface area (Å²) < 4.78 is 10.2. The Morgan fingerprint density at radius 2 is 1.39 bits per heavy atom. The molecule has 28 heavy (non-hydrogen) atoms. The summed E-state index contributed by atoms with van der Waals surface area (Å²) in [5.74, 6) is -3.57. The number of halogens is 1. The maximum absolute atomic E-state index is 12.8. The van der Waals surface area contributed by atoms with E-state index < -0.39 is 23.8 Å². The zero-order valence-electron chi connectivity index (χ0n) is 15.9. The molecule has 0 radical (unpaired) electrons. The highest BCUT2D eigenvalue weighted by atomic mass is 35.5. The molecule has 2 aromatic rings. The smallest absolute Gasteiger partial charge is 0.320 e. The molecule has 1 atom stereocenters. The molecule has 0 N–H and O–H groups in total. The maximum atomic E-state index is 12.8. The average Bonchev–Trinajstić information content (AvgIpc) is 2.69. The molecular weight excluding hydrogens is 380 g/mol. The van der Waals surface area contributed by atoms with Crippen LogP contribution in [0.15, 0.2) is 54.6 Å². The van der Waals surface area contributed by atoms with Gasteiger partial charge >= 0.3 is 11.9 Å². The largest absolute Gasteiger partial charge is 0.465 e.